The number of benzene rings is 1. The number of Topliss-reactive ketones (excluding diaryl/α,β-unsaturated/α-hetero) is 1. The van der Waals surface area contributed by atoms with Crippen molar-refractivity contribution in [2.75, 3.05) is 6.61 Å². The van der Waals surface area contributed by atoms with Crippen molar-refractivity contribution in [3.63, 3.8) is 0 Å². The minimum absolute atomic E-state index is 0.149. The monoisotopic (exact) mass is 290 g/mol. The molecular weight excluding hydrogens is 264 g/mol. The number of hydrogen-bond acceptors (Lipinski definition) is 3. The molecule has 1 aromatic carbocycles. The van der Waals surface area contributed by atoms with E-state index in [1.807, 2.05) is 25.1 Å². The molecule has 0 saturated heterocycles. The van der Waals surface area contributed by atoms with E-state index in [0.29, 0.717) is 24.3 Å². The normalized spacial score (nSPS) is 18.0. The molecule has 3 heteroatoms. The molecule has 1 N–H and O–H groups in total. The Bertz CT molecular complexity index is 459. The van der Waals surface area contributed by atoms with Crippen LogP contribution in [0.4, 0.5) is 0 Å². The molecule has 116 valence electrons. The van der Waals surface area contributed by atoms with E-state index in [0.717, 1.165) is 32.1 Å². The van der Waals surface area contributed by atoms with Crippen LogP contribution in [0.5, 0.6) is 5.75 Å². The number of aliphatic hydroxyl groups is 1. The fourth-order valence-electron chi connectivity index (χ4n) is 2.88. The molecule has 1 saturated carbocycles. The van der Waals surface area contributed by atoms with Crippen LogP contribution in [0.2, 0.25) is 0 Å². The fourth-order valence-corrected chi connectivity index (χ4v) is 2.88. The second-order valence-corrected chi connectivity index (χ2v) is 6.13. The molecule has 1 aliphatic carbocycles. The Balaban J connectivity index is 1.96. The largest absolute Gasteiger partial charge is 0.491 e. The molecule has 21 heavy (non-hydrogen) atoms. The van der Waals surface area contributed by atoms with Gasteiger partial charge in [-0.05, 0) is 31.4 Å². The van der Waals surface area contributed by atoms with E-state index in [1.165, 1.54) is 12.8 Å². The van der Waals surface area contributed by atoms with Crippen LogP contribution < -0.4 is 4.74 Å². The minimum atomic E-state index is -0.708. The summed E-state index contributed by atoms with van der Waals surface area (Å²) in [6.07, 6.45) is 7.55. The maximum atomic E-state index is 11.9. The summed E-state index contributed by atoms with van der Waals surface area (Å²) in [6.45, 7) is 2.32. The molecule has 0 unspecified atom stereocenters. The second kappa shape index (κ2) is 7.60. The van der Waals surface area contributed by atoms with Crippen LogP contribution in [0.1, 0.15) is 68.6 Å². The molecule has 2 rings (SSSR count). The number of ether oxygens (including phenoxy) is 1. The fraction of sp³-hybridized carbons (Fsp3) is 0.611. The summed E-state index contributed by atoms with van der Waals surface area (Å²) >= 11 is 0. The van der Waals surface area contributed by atoms with Gasteiger partial charge in [-0.1, -0.05) is 44.7 Å². The zero-order chi connectivity index (χ0) is 15.1. The molecule has 1 aromatic rings. The van der Waals surface area contributed by atoms with Crippen molar-refractivity contribution >= 4 is 5.78 Å². The van der Waals surface area contributed by atoms with Crippen molar-refractivity contribution in [2.45, 2.75) is 63.9 Å². The summed E-state index contributed by atoms with van der Waals surface area (Å²) in [4.78, 5) is 11.9. The van der Waals surface area contributed by atoms with Crippen LogP contribution in [0.3, 0.4) is 0 Å². The lowest BCUT2D eigenvalue weighted by atomic mass is 9.96. The molecule has 0 amide bonds. The van der Waals surface area contributed by atoms with E-state index in [9.17, 15) is 9.90 Å². The second-order valence-electron chi connectivity index (χ2n) is 6.13. The Kier molecular flexibility index (Phi) is 5.80. The van der Waals surface area contributed by atoms with Gasteiger partial charge in [0.05, 0.1) is 5.60 Å². The predicted octanol–water partition coefficient (Wildman–Crippen LogP) is 4.13. The number of carbonyl (C=O) groups is 1. The van der Waals surface area contributed by atoms with E-state index in [1.54, 1.807) is 6.07 Å². The summed E-state index contributed by atoms with van der Waals surface area (Å²) in [7, 11) is 0. The van der Waals surface area contributed by atoms with E-state index >= 15 is 0 Å². The molecule has 3 nitrogen and oxygen atoms in total. The van der Waals surface area contributed by atoms with Gasteiger partial charge in [-0.15, -0.1) is 0 Å². The summed E-state index contributed by atoms with van der Waals surface area (Å²) in [5, 5.41) is 10.6. The van der Waals surface area contributed by atoms with Crippen molar-refractivity contribution in [1.29, 1.82) is 0 Å². The number of hydrogen-bond donors (Lipinski definition) is 1. The van der Waals surface area contributed by atoms with Crippen LogP contribution in [0.15, 0.2) is 24.3 Å². The third-order valence-corrected chi connectivity index (χ3v) is 4.17. The van der Waals surface area contributed by atoms with Gasteiger partial charge in [-0.3, -0.25) is 4.79 Å². The molecule has 0 aromatic heterocycles. The highest BCUT2D eigenvalue weighted by Gasteiger charge is 2.28. The summed E-state index contributed by atoms with van der Waals surface area (Å²) in [6, 6.07) is 7.31. The maximum absolute atomic E-state index is 11.9. The van der Waals surface area contributed by atoms with Crippen molar-refractivity contribution in [2.24, 2.45) is 0 Å². The molecule has 0 aliphatic heterocycles. The van der Waals surface area contributed by atoms with Crippen LogP contribution in [-0.4, -0.2) is 23.1 Å². The Morgan fingerprint density at radius 1 is 1.24 bits per heavy atom. The standard InChI is InChI=1S/C18H26O3/c1-2-8-17(19)15-9-7-10-16(13-15)21-14-18(20)11-5-3-4-6-12-18/h7,9-10,13,20H,2-6,8,11-12,14H2,1H3. The number of carbonyl (C=O) groups excluding carboxylic acids is 1. The molecule has 0 bridgehead atoms. The number of rotatable bonds is 6. The predicted molar refractivity (Wildman–Crippen MR) is 83.8 cm³/mol. The molecule has 0 radical (unpaired) electrons. The molecule has 0 heterocycles. The minimum Gasteiger partial charge on any atom is -0.491 e. The molecule has 1 fully saturated rings. The van der Waals surface area contributed by atoms with Gasteiger partial charge in [-0.2, -0.15) is 0 Å². The van der Waals surface area contributed by atoms with Gasteiger partial charge in [0.2, 0.25) is 0 Å². The lowest BCUT2D eigenvalue weighted by Gasteiger charge is -2.26. The highest BCUT2D eigenvalue weighted by Crippen LogP contribution is 2.28. The van der Waals surface area contributed by atoms with Crippen LogP contribution >= 0.6 is 0 Å². The lowest BCUT2D eigenvalue weighted by molar-refractivity contribution is -0.0173. The van der Waals surface area contributed by atoms with Gasteiger partial charge in [0.25, 0.3) is 0 Å². The van der Waals surface area contributed by atoms with E-state index in [2.05, 4.69) is 0 Å². The molecular formula is C18H26O3. The van der Waals surface area contributed by atoms with Crippen LogP contribution in [-0.2, 0) is 0 Å². The molecule has 0 spiro atoms. The summed E-state index contributed by atoms with van der Waals surface area (Å²) < 4.78 is 5.77. The highest BCUT2D eigenvalue weighted by atomic mass is 16.5. The molecule has 1 aliphatic rings. The van der Waals surface area contributed by atoms with Gasteiger partial charge in [-0.25, -0.2) is 0 Å². The Hall–Kier alpha value is -1.35. The first-order valence-corrected chi connectivity index (χ1v) is 8.11. The lowest BCUT2D eigenvalue weighted by Crippen LogP contribution is -2.35. The van der Waals surface area contributed by atoms with E-state index < -0.39 is 5.60 Å². The first kappa shape index (κ1) is 16.0. The summed E-state index contributed by atoms with van der Waals surface area (Å²) in [5.74, 6) is 0.825. The third kappa shape index (κ3) is 4.85. The first-order chi connectivity index (χ1) is 10.1. The van der Waals surface area contributed by atoms with Gasteiger partial charge in [0.15, 0.2) is 5.78 Å². The number of ketones is 1. The van der Waals surface area contributed by atoms with Crippen molar-refractivity contribution in [1.82, 2.24) is 0 Å². The molecule has 0 atom stereocenters. The van der Waals surface area contributed by atoms with Crippen molar-refractivity contribution in [3.8, 4) is 5.75 Å². The quantitative estimate of drug-likeness (QED) is 0.633. The zero-order valence-corrected chi connectivity index (χ0v) is 12.9. The Morgan fingerprint density at radius 2 is 1.95 bits per heavy atom. The van der Waals surface area contributed by atoms with Gasteiger partial charge >= 0.3 is 0 Å². The van der Waals surface area contributed by atoms with Crippen LogP contribution in [0, 0.1) is 0 Å². The summed E-state index contributed by atoms with van der Waals surface area (Å²) in [5.41, 5.74) is -0.0119. The topological polar surface area (TPSA) is 46.5 Å². The average Bonchev–Trinajstić information content (AvgIpc) is 2.71. The van der Waals surface area contributed by atoms with Gasteiger partial charge in [0, 0.05) is 12.0 Å². The Labute approximate surface area is 127 Å². The van der Waals surface area contributed by atoms with Crippen molar-refractivity contribution in [3.05, 3.63) is 29.8 Å². The third-order valence-electron chi connectivity index (χ3n) is 4.17. The SMILES string of the molecule is CCCC(=O)c1cccc(OCC2(O)CCCCCC2)c1. The van der Waals surface area contributed by atoms with E-state index in [4.69, 9.17) is 4.74 Å². The van der Waals surface area contributed by atoms with Gasteiger partial charge < -0.3 is 9.84 Å². The Morgan fingerprint density at radius 3 is 2.62 bits per heavy atom. The van der Waals surface area contributed by atoms with E-state index in [-0.39, 0.29) is 5.78 Å². The first-order valence-electron chi connectivity index (χ1n) is 8.11. The smallest absolute Gasteiger partial charge is 0.162 e. The van der Waals surface area contributed by atoms with Crippen molar-refractivity contribution < 1.29 is 14.6 Å². The van der Waals surface area contributed by atoms with Gasteiger partial charge in [0.1, 0.15) is 12.4 Å². The zero-order valence-electron chi connectivity index (χ0n) is 12.9. The maximum Gasteiger partial charge on any atom is 0.162 e. The highest BCUT2D eigenvalue weighted by molar-refractivity contribution is 5.96. The van der Waals surface area contributed by atoms with Crippen LogP contribution in [0.25, 0.3) is 0 Å². The average molecular weight is 290 g/mol.